The first-order chi connectivity index (χ1) is 24.4. The quantitative estimate of drug-likeness (QED) is 0.143. The smallest absolute Gasteiger partial charge is 0.321 e. The van der Waals surface area contributed by atoms with Gasteiger partial charge in [-0.3, -0.25) is 5.10 Å². The number of urea groups is 1. The molecule has 256 valence electrons. The lowest BCUT2D eigenvalue weighted by molar-refractivity contribution is -0.157. The normalized spacial score (nSPS) is 21.6. The van der Waals surface area contributed by atoms with Crippen LogP contribution in [-0.4, -0.2) is 69.3 Å². The van der Waals surface area contributed by atoms with E-state index in [1.54, 1.807) is 0 Å². The third-order valence-electron chi connectivity index (χ3n) is 9.67. The topological polar surface area (TPSA) is 104 Å². The van der Waals surface area contributed by atoms with Crippen molar-refractivity contribution in [2.45, 2.75) is 76.3 Å². The van der Waals surface area contributed by atoms with Crippen LogP contribution in [0.1, 0.15) is 48.2 Å². The molecule has 0 saturated carbocycles. The number of amides is 2. The van der Waals surface area contributed by atoms with Crippen molar-refractivity contribution >= 4 is 16.9 Å². The first kappa shape index (κ1) is 33.5. The van der Waals surface area contributed by atoms with Gasteiger partial charge in [-0.15, -0.1) is 0 Å². The number of ether oxygens (including phenoxy) is 3. The van der Waals surface area contributed by atoms with Gasteiger partial charge in [0.25, 0.3) is 0 Å². The van der Waals surface area contributed by atoms with Crippen LogP contribution in [0, 0.1) is 11.3 Å². The number of carbonyl (C=O) groups is 1. The SMILES string of the molecule is CC1(C)O[C@@H]2[C@@H](O1)[C@@H](Cc1ccccc1)N(Cc1ccc3[nH]nc(C#N)c3c1)C(=O)N(CCCOCc1ccccc1)[C@@H]2Cc1ccccc1. The van der Waals surface area contributed by atoms with Crippen LogP contribution in [0.25, 0.3) is 10.9 Å². The lowest BCUT2D eigenvalue weighted by Crippen LogP contribution is -2.52. The van der Waals surface area contributed by atoms with Crippen molar-refractivity contribution in [2.75, 3.05) is 13.2 Å². The fourth-order valence-corrected chi connectivity index (χ4v) is 7.37. The van der Waals surface area contributed by atoms with Crippen molar-refractivity contribution in [3.8, 4) is 6.07 Å². The summed E-state index contributed by atoms with van der Waals surface area (Å²) in [5.41, 5.74) is 5.38. The summed E-state index contributed by atoms with van der Waals surface area (Å²) in [6.45, 7) is 5.77. The molecule has 0 aliphatic carbocycles. The van der Waals surface area contributed by atoms with Crippen LogP contribution >= 0.6 is 0 Å². The maximum absolute atomic E-state index is 15.2. The Hall–Kier alpha value is -5.01. The minimum atomic E-state index is -0.840. The molecule has 9 heteroatoms. The van der Waals surface area contributed by atoms with E-state index in [4.69, 9.17) is 14.2 Å². The third kappa shape index (κ3) is 7.43. The van der Waals surface area contributed by atoms with Gasteiger partial charge in [0.15, 0.2) is 11.5 Å². The second-order valence-electron chi connectivity index (χ2n) is 13.6. The van der Waals surface area contributed by atoms with Crippen molar-refractivity contribution in [2.24, 2.45) is 0 Å². The molecule has 4 atom stereocenters. The highest BCUT2D eigenvalue weighted by Crippen LogP contribution is 2.40. The second kappa shape index (κ2) is 14.9. The summed E-state index contributed by atoms with van der Waals surface area (Å²) in [5, 5.41) is 17.5. The molecule has 2 fully saturated rings. The number of hydrogen-bond donors (Lipinski definition) is 1. The summed E-state index contributed by atoms with van der Waals surface area (Å²) in [6.07, 6.45) is 1.11. The molecule has 5 aromatic rings. The Morgan fingerprint density at radius 1 is 0.800 bits per heavy atom. The first-order valence-corrected chi connectivity index (χ1v) is 17.4. The zero-order chi connectivity index (χ0) is 34.5. The molecule has 0 bridgehead atoms. The minimum Gasteiger partial charge on any atom is -0.377 e. The number of carbonyl (C=O) groups excluding carboxylic acids is 1. The number of rotatable bonds is 12. The van der Waals surface area contributed by atoms with E-state index in [1.807, 2.05) is 96.4 Å². The maximum atomic E-state index is 15.2. The molecule has 2 aliphatic heterocycles. The van der Waals surface area contributed by atoms with E-state index in [0.29, 0.717) is 51.3 Å². The molecule has 9 nitrogen and oxygen atoms in total. The number of fused-ring (bicyclic) bond motifs is 2. The van der Waals surface area contributed by atoms with Crippen molar-refractivity contribution in [3.05, 3.63) is 137 Å². The zero-order valence-electron chi connectivity index (χ0n) is 28.6. The lowest BCUT2D eigenvalue weighted by Gasteiger charge is -2.37. The Balaban J connectivity index is 1.26. The van der Waals surface area contributed by atoms with E-state index in [2.05, 4.69) is 52.7 Å². The van der Waals surface area contributed by atoms with Gasteiger partial charge in [0.1, 0.15) is 18.3 Å². The van der Waals surface area contributed by atoms with Crippen LogP contribution in [0.4, 0.5) is 4.79 Å². The summed E-state index contributed by atoms with van der Waals surface area (Å²) in [5.74, 6) is -0.840. The van der Waals surface area contributed by atoms with Gasteiger partial charge in [0.05, 0.1) is 24.2 Å². The number of nitrogens with zero attached hydrogens (tertiary/aromatic N) is 4. The van der Waals surface area contributed by atoms with E-state index in [0.717, 1.165) is 33.2 Å². The van der Waals surface area contributed by atoms with E-state index < -0.39 is 11.9 Å². The number of H-pyrrole nitrogens is 1. The van der Waals surface area contributed by atoms with Crippen LogP contribution in [0.3, 0.4) is 0 Å². The highest BCUT2D eigenvalue weighted by molar-refractivity contribution is 5.84. The number of aromatic amines is 1. The average Bonchev–Trinajstić information content (AvgIpc) is 3.68. The van der Waals surface area contributed by atoms with Crippen molar-refractivity contribution in [1.82, 2.24) is 20.0 Å². The van der Waals surface area contributed by atoms with Crippen LogP contribution in [0.15, 0.2) is 109 Å². The van der Waals surface area contributed by atoms with Crippen LogP contribution < -0.4 is 0 Å². The Bertz CT molecular complexity index is 1920. The zero-order valence-corrected chi connectivity index (χ0v) is 28.6. The number of aromatic nitrogens is 2. The van der Waals surface area contributed by atoms with E-state index in [9.17, 15) is 5.26 Å². The maximum Gasteiger partial charge on any atom is 0.321 e. The van der Waals surface area contributed by atoms with Crippen LogP contribution in [-0.2, 0) is 40.2 Å². The molecule has 2 amide bonds. The summed E-state index contributed by atoms with van der Waals surface area (Å²) >= 11 is 0. The molecule has 3 heterocycles. The van der Waals surface area contributed by atoms with Gasteiger partial charge in [-0.25, -0.2) is 4.79 Å². The lowest BCUT2D eigenvalue weighted by atomic mass is 9.91. The number of hydrogen-bond acceptors (Lipinski definition) is 6. The molecule has 0 unspecified atom stereocenters. The molecular weight excluding hydrogens is 626 g/mol. The molecule has 7 rings (SSSR count). The van der Waals surface area contributed by atoms with Gasteiger partial charge < -0.3 is 24.0 Å². The van der Waals surface area contributed by atoms with Crippen molar-refractivity contribution in [3.63, 3.8) is 0 Å². The molecule has 4 aromatic carbocycles. The predicted octanol–water partition coefficient (Wildman–Crippen LogP) is 7.02. The largest absolute Gasteiger partial charge is 0.377 e. The summed E-state index contributed by atoms with van der Waals surface area (Å²) in [7, 11) is 0. The van der Waals surface area contributed by atoms with Gasteiger partial charge in [-0.2, -0.15) is 10.4 Å². The summed E-state index contributed by atoms with van der Waals surface area (Å²) < 4.78 is 19.7. The molecule has 1 N–H and O–H groups in total. The van der Waals surface area contributed by atoms with Gasteiger partial charge in [0.2, 0.25) is 0 Å². The summed E-state index contributed by atoms with van der Waals surface area (Å²) in [4.78, 5) is 19.2. The molecule has 50 heavy (non-hydrogen) atoms. The predicted molar refractivity (Wildman–Crippen MR) is 191 cm³/mol. The van der Waals surface area contributed by atoms with Gasteiger partial charge in [-0.05, 0) is 67.5 Å². The van der Waals surface area contributed by atoms with Gasteiger partial charge in [-0.1, -0.05) is 97.1 Å². The molecular formula is C41H43N5O4. The third-order valence-corrected chi connectivity index (χ3v) is 9.67. The highest BCUT2D eigenvalue weighted by Gasteiger charge is 2.55. The van der Waals surface area contributed by atoms with Crippen molar-refractivity contribution in [1.29, 1.82) is 5.26 Å². The van der Waals surface area contributed by atoms with E-state index >= 15 is 4.79 Å². The van der Waals surface area contributed by atoms with E-state index in [1.165, 1.54) is 0 Å². The number of nitriles is 1. The van der Waals surface area contributed by atoms with Crippen LogP contribution in [0.2, 0.25) is 0 Å². The summed E-state index contributed by atoms with van der Waals surface area (Å²) in [6, 6.07) is 38.1. The van der Waals surface area contributed by atoms with Gasteiger partial charge in [0, 0.05) is 25.1 Å². The fourth-order valence-electron chi connectivity index (χ4n) is 7.37. The molecule has 0 spiro atoms. The fraction of sp³-hybridized carbons (Fsp3) is 0.341. The molecule has 2 aliphatic rings. The average molecular weight is 670 g/mol. The van der Waals surface area contributed by atoms with Crippen LogP contribution in [0.5, 0.6) is 0 Å². The van der Waals surface area contributed by atoms with E-state index in [-0.39, 0.29) is 24.2 Å². The standard InChI is InChI=1S/C41H43N5O4/c1-41(2)49-38-36(24-29-13-6-3-7-14-29)45(21-12-22-48-28-31-17-10-5-11-18-31)40(47)46(37(39(38)50-41)25-30-15-8-4-9-16-30)27-32-19-20-34-33(23-32)35(26-42)44-43-34/h3-11,13-20,23,36-39H,12,21-22,24-25,27-28H2,1-2H3,(H,43,44)/t36-,37-,38+,39+/m1/s1. The Kier molecular flexibility index (Phi) is 9.95. The monoisotopic (exact) mass is 669 g/mol. The van der Waals surface area contributed by atoms with Gasteiger partial charge >= 0.3 is 6.03 Å². The molecule has 1 aromatic heterocycles. The minimum absolute atomic E-state index is 0.0675. The Labute approximate surface area is 293 Å². The molecule has 2 saturated heterocycles. The number of nitrogens with one attached hydrogen (secondary N) is 1. The van der Waals surface area contributed by atoms with Crippen molar-refractivity contribution < 1.29 is 19.0 Å². The number of benzene rings is 4. The second-order valence-corrected chi connectivity index (χ2v) is 13.6. The molecule has 0 radical (unpaired) electrons. The Morgan fingerprint density at radius 2 is 1.38 bits per heavy atom. The first-order valence-electron chi connectivity index (χ1n) is 17.4. The highest BCUT2D eigenvalue weighted by atomic mass is 16.8. The Morgan fingerprint density at radius 3 is 1.98 bits per heavy atom.